The van der Waals surface area contributed by atoms with Crippen molar-refractivity contribution in [1.82, 2.24) is 0 Å². The lowest BCUT2D eigenvalue weighted by molar-refractivity contribution is 0.0793. The fourth-order valence-corrected chi connectivity index (χ4v) is 0.454. The molecule has 5 heteroatoms. The Bertz CT molecular complexity index is 133. The molecule has 0 fully saturated rings. The lowest BCUT2D eigenvalue weighted by Gasteiger charge is -2.07. The van der Waals surface area contributed by atoms with E-state index in [1.807, 2.05) is 0 Å². The summed E-state index contributed by atoms with van der Waals surface area (Å²) < 4.78 is 0. The van der Waals surface area contributed by atoms with Crippen molar-refractivity contribution in [2.45, 2.75) is 12.2 Å². The first-order valence-electron chi connectivity index (χ1n) is 3.10. The second-order valence-corrected chi connectivity index (χ2v) is 2.04. The van der Waals surface area contributed by atoms with Crippen molar-refractivity contribution >= 4 is 0 Å². The fraction of sp³-hybridized carbons (Fsp3) is 0.667. The van der Waals surface area contributed by atoms with Gasteiger partial charge < -0.3 is 25.5 Å². The summed E-state index contributed by atoms with van der Waals surface area (Å²) in [6.45, 7) is -1.16. The molecule has 0 aliphatic rings. The van der Waals surface area contributed by atoms with E-state index in [-0.39, 0.29) is 0 Å². The number of aliphatic hydroxyl groups is 5. The quantitative estimate of drug-likeness (QED) is 0.313. The van der Waals surface area contributed by atoms with Crippen LogP contribution in [-0.4, -0.2) is 51.0 Å². The van der Waals surface area contributed by atoms with Crippen molar-refractivity contribution in [3.63, 3.8) is 0 Å². The van der Waals surface area contributed by atoms with E-state index in [4.69, 9.17) is 25.5 Å². The normalized spacial score (nSPS) is 18.0. The van der Waals surface area contributed by atoms with Crippen LogP contribution in [0.25, 0.3) is 0 Å². The van der Waals surface area contributed by atoms with Crippen molar-refractivity contribution < 1.29 is 25.5 Å². The summed E-state index contributed by atoms with van der Waals surface area (Å²) in [4.78, 5) is 0. The third kappa shape index (κ3) is 3.94. The Morgan fingerprint density at radius 3 is 2.09 bits per heavy atom. The minimum absolute atomic E-state index is 0.539. The highest BCUT2D eigenvalue weighted by molar-refractivity contribution is 5.01. The van der Waals surface area contributed by atoms with Crippen molar-refractivity contribution in [2.24, 2.45) is 0 Å². The highest BCUT2D eigenvalue weighted by Crippen LogP contribution is 1.98. The second-order valence-electron chi connectivity index (χ2n) is 2.04. The molecule has 66 valence electrons. The Morgan fingerprint density at radius 2 is 1.73 bits per heavy atom. The Balaban J connectivity index is 3.98. The third-order valence-corrected chi connectivity index (χ3v) is 1.06. The SMILES string of the molecule is OCC(O)C=C(O)C(O)CO. The number of rotatable bonds is 4. The number of hydrogen-bond donors (Lipinski definition) is 5. The van der Waals surface area contributed by atoms with Crippen LogP contribution in [-0.2, 0) is 0 Å². The molecular weight excluding hydrogens is 152 g/mol. The van der Waals surface area contributed by atoms with Gasteiger partial charge in [-0.2, -0.15) is 0 Å². The summed E-state index contributed by atoms with van der Waals surface area (Å²) >= 11 is 0. The first kappa shape index (κ1) is 10.4. The molecule has 0 aliphatic heterocycles. The zero-order chi connectivity index (χ0) is 8.85. The predicted octanol–water partition coefficient (Wildman–Crippen LogP) is -1.87. The van der Waals surface area contributed by atoms with Gasteiger partial charge in [-0.1, -0.05) is 0 Å². The largest absolute Gasteiger partial charge is 0.510 e. The van der Waals surface area contributed by atoms with E-state index in [2.05, 4.69) is 0 Å². The average Bonchev–Trinajstić information content (AvgIpc) is 2.02. The molecule has 0 saturated carbocycles. The highest BCUT2D eigenvalue weighted by atomic mass is 16.4. The summed E-state index contributed by atoms with van der Waals surface area (Å²) in [6.07, 6.45) is -1.74. The maximum absolute atomic E-state index is 8.80. The van der Waals surface area contributed by atoms with Crippen molar-refractivity contribution in [2.75, 3.05) is 13.2 Å². The van der Waals surface area contributed by atoms with Crippen LogP contribution >= 0.6 is 0 Å². The van der Waals surface area contributed by atoms with Gasteiger partial charge in [0.1, 0.15) is 11.9 Å². The lowest BCUT2D eigenvalue weighted by Crippen LogP contribution is -2.18. The maximum Gasteiger partial charge on any atom is 0.133 e. The highest BCUT2D eigenvalue weighted by Gasteiger charge is 2.09. The second kappa shape index (κ2) is 5.09. The molecule has 0 aromatic rings. The van der Waals surface area contributed by atoms with Crippen LogP contribution in [0.5, 0.6) is 0 Å². The van der Waals surface area contributed by atoms with E-state index in [0.29, 0.717) is 0 Å². The third-order valence-electron chi connectivity index (χ3n) is 1.06. The molecule has 2 atom stereocenters. The van der Waals surface area contributed by atoms with Gasteiger partial charge in [0.05, 0.1) is 19.3 Å². The van der Waals surface area contributed by atoms with Gasteiger partial charge >= 0.3 is 0 Å². The molecule has 0 spiro atoms. The van der Waals surface area contributed by atoms with Gasteiger partial charge in [-0.05, 0) is 6.08 Å². The van der Waals surface area contributed by atoms with Crippen LogP contribution in [0.15, 0.2) is 11.8 Å². The van der Waals surface area contributed by atoms with Crippen LogP contribution < -0.4 is 0 Å². The first-order chi connectivity index (χ1) is 5.11. The minimum atomic E-state index is -1.39. The summed E-state index contributed by atoms with van der Waals surface area (Å²) in [6, 6.07) is 0. The first-order valence-corrected chi connectivity index (χ1v) is 3.10. The molecule has 0 aromatic heterocycles. The zero-order valence-corrected chi connectivity index (χ0v) is 5.88. The fourth-order valence-electron chi connectivity index (χ4n) is 0.454. The molecular formula is C6H12O5. The summed E-state index contributed by atoms with van der Waals surface area (Å²) in [5, 5.41) is 42.8. The maximum atomic E-state index is 8.80. The Morgan fingerprint density at radius 1 is 1.18 bits per heavy atom. The molecule has 0 rings (SSSR count). The van der Waals surface area contributed by atoms with Gasteiger partial charge in [0.15, 0.2) is 0 Å². The van der Waals surface area contributed by atoms with E-state index in [1.165, 1.54) is 0 Å². The monoisotopic (exact) mass is 164 g/mol. The molecule has 0 bridgehead atoms. The molecule has 5 nitrogen and oxygen atoms in total. The number of hydrogen-bond acceptors (Lipinski definition) is 5. The average molecular weight is 164 g/mol. The topological polar surface area (TPSA) is 101 Å². The molecule has 0 heterocycles. The summed E-state index contributed by atoms with van der Waals surface area (Å²) in [7, 11) is 0. The van der Waals surface area contributed by atoms with Crippen LogP contribution in [0.2, 0.25) is 0 Å². The molecule has 0 amide bonds. The van der Waals surface area contributed by atoms with Crippen molar-refractivity contribution in [1.29, 1.82) is 0 Å². The van der Waals surface area contributed by atoms with E-state index in [9.17, 15) is 0 Å². The van der Waals surface area contributed by atoms with Crippen LogP contribution in [0.1, 0.15) is 0 Å². The van der Waals surface area contributed by atoms with E-state index < -0.39 is 31.2 Å². The van der Waals surface area contributed by atoms with Crippen LogP contribution in [0, 0.1) is 0 Å². The summed E-state index contributed by atoms with van der Waals surface area (Å²) in [5.74, 6) is -0.547. The van der Waals surface area contributed by atoms with Gasteiger partial charge in [0, 0.05) is 0 Å². The molecule has 0 radical (unpaired) electrons. The van der Waals surface area contributed by atoms with Crippen LogP contribution in [0.4, 0.5) is 0 Å². The lowest BCUT2D eigenvalue weighted by atomic mass is 10.2. The summed E-state index contributed by atoms with van der Waals surface area (Å²) in [5.41, 5.74) is 0. The molecule has 2 unspecified atom stereocenters. The molecule has 5 N–H and O–H groups in total. The predicted molar refractivity (Wildman–Crippen MR) is 36.9 cm³/mol. The van der Waals surface area contributed by atoms with Crippen molar-refractivity contribution in [3.05, 3.63) is 11.8 Å². The molecule has 0 aromatic carbocycles. The molecule has 11 heavy (non-hydrogen) atoms. The number of aliphatic hydroxyl groups excluding tert-OH is 5. The Labute approximate surface area is 63.8 Å². The standard InChI is InChI=1S/C6H12O5/c7-2-4(9)1-5(10)6(11)3-8/h1,4,6-11H,2-3H2. The minimum Gasteiger partial charge on any atom is -0.510 e. The van der Waals surface area contributed by atoms with E-state index >= 15 is 0 Å². The Hall–Kier alpha value is -0.620. The molecule has 0 saturated heterocycles. The smallest absolute Gasteiger partial charge is 0.133 e. The van der Waals surface area contributed by atoms with Crippen molar-refractivity contribution in [3.8, 4) is 0 Å². The van der Waals surface area contributed by atoms with E-state index in [1.54, 1.807) is 0 Å². The van der Waals surface area contributed by atoms with Gasteiger partial charge in [0.25, 0.3) is 0 Å². The van der Waals surface area contributed by atoms with Crippen LogP contribution in [0.3, 0.4) is 0 Å². The Kier molecular flexibility index (Phi) is 4.80. The van der Waals surface area contributed by atoms with E-state index in [0.717, 1.165) is 6.08 Å². The zero-order valence-electron chi connectivity index (χ0n) is 5.88. The molecule has 0 aliphatic carbocycles. The van der Waals surface area contributed by atoms with Gasteiger partial charge in [-0.15, -0.1) is 0 Å². The van der Waals surface area contributed by atoms with Gasteiger partial charge in [-0.25, -0.2) is 0 Å². The van der Waals surface area contributed by atoms with Gasteiger partial charge in [0.2, 0.25) is 0 Å². The van der Waals surface area contributed by atoms with Gasteiger partial charge in [-0.3, -0.25) is 0 Å².